The SMILES string of the molecule is CSc1ccc(C)c(C(=O)N2CCc3ccccc3C2C(=O)O)c1. The van der Waals surface area contributed by atoms with E-state index < -0.39 is 12.0 Å². The molecule has 1 aliphatic heterocycles. The van der Waals surface area contributed by atoms with Gasteiger partial charge in [-0.1, -0.05) is 30.3 Å². The normalized spacial score (nSPS) is 16.6. The molecule has 2 aromatic carbocycles. The van der Waals surface area contributed by atoms with Gasteiger partial charge in [0.25, 0.3) is 5.91 Å². The number of benzene rings is 2. The summed E-state index contributed by atoms with van der Waals surface area (Å²) in [6.07, 6.45) is 2.63. The number of carbonyl (C=O) groups excluding carboxylic acids is 1. The van der Waals surface area contributed by atoms with E-state index in [-0.39, 0.29) is 5.91 Å². The summed E-state index contributed by atoms with van der Waals surface area (Å²) in [5.41, 5.74) is 3.15. The van der Waals surface area contributed by atoms with Crippen LogP contribution in [0.25, 0.3) is 0 Å². The minimum Gasteiger partial charge on any atom is -0.479 e. The highest BCUT2D eigenvalue weighted by atomic mass is 32.2. The third-order valence-electron chi connectivity index (χ3n) is 4.45. The minimum absolute atomic E-state index is 0.217. The Hall–Kier alpha value is -2.27. The third-order valence-corrected chi connectivity index (χ3v) is 5.18. The first-order valence-corrected chi connectivity index (χ1v) is 9.01. The van der Waals surface area contributed by atoms with Gasteiger partial charge in [-0.15, -0.1) is 11.8 Å². The molecule has 1 N–H and O–H groups in total. The molecular weight excluding hydrogens is 322 g/mol. The van der Waals surface area contributed by atoms with E-state index >= 15 is 0 Å². The average molecular weight is 341 g/mol. The standard InChI is InChI=1S/C19H19NO3S/c1-12-7-8-14(24-2)11-16(12)18(21)20-10-9-13-5-3-4-6-15(13)17(20)19(22)23/h3-8,11,17H,9-10H2,1-2H3,(H,22,23). The second-order valence-electron chi connectivity index (χ2n) is 5.87. The second kappa shape index (κ2) is 6.69. The summed E-state index contributed by atoms with van der Waals surface area (Å²) in [6.45, 7) is 2.29. The van der Waals surface area contributed by atoms with Gasteiger partial charge in [-0.05, 0) is 48.4 Å². The van der Waals surface area contributed by atoms with Crippen LogP contribution >= 0.6 is 11.8 Å². The molecule has 5 heteroatoms. The van der Waals surface area contributed by atoms with Crippen LogP contribution in [0.4, 0.5) is 0 Å². The lowest BCUT2D eigenvalue weighted by Gasteiger charge is -2.35. The van der Waals surface area contributed by atoms with Gasteiger partial charge in [0.1, 0.15) is 0 Å². The van der Waals surface area contributed by atoms with E-state index in [2.05, 4.69) is 0 Å². The number of carbonyl (C=O) groups is 2. The molecule has 0 bridgehead atoms. The van der Waals surface area contributed by atoms with E-state index in [0.717, 1.165) is 16.0 Å². The summed E-state index contributed by atoms with van der Waals surface area (Å²) in [7, 11) is 0. The average Bonchev–Trinajstić information content (AvgIpc) is 2.60. The molecular formula is C19H19NO3S. The lowest BCUT2D eigenvalue weighted by molar-refractivity contribution is -0.143. The lowest BCUT2D eigenvalue weighted by Crippen LogP contribution is -2.43. The van der Waals surface area contributed by atoms with Crippen molar-refractivity contribution in [1.82, 2.24) is 4.90 Å². The van der Waals surface area contributed by atoms with Crippen molar-refractivity contribution in [3.05, 3.63) is 64.7 Å². The molecule has 24 heavy (non-hydrogen) atoms. The maximum Gasteiger partial charge on any atom is 0.331 e. The molecule has 4 nitrogen and oxygen atoms in total. The highest BCUT2D eigenvalue weighted by Crippen LogP contribution is 2.32. The van der Waals surface area contributed by atoms with Crippen molar-refractivity contribution in [1.29, 1.82) is 0 Å². The van der Waals surface area contributed by atoms with Crippen molar-refractivity contribution in [2.75, 3.05) is 12.8 Å². The van der Waals surface area contributed by atoms with Crippen molar-refractivity contribution in [2.45, 2.75) is 24.3 Å². The number of rotatable bonds is 3. The van der Waals surface area contributed by atoms with Gasteiger partial charge in [-0.25, -0.2) is 4.79 Å². The summed E-state index contributed by atoms with van der Waals surface area (Å²) in [5.74, 6) is -1.21. The first kappa shape index (κ1) is 16.6. The number of nitrogens with zero attached hydrogens (tertiary/aromatic N) is 1. The fourth-order valence-corrected chi connectivity index (χ4v) is 3.60. The molecule has 0 aliphatic carbocycles. The Labute approximate surface area is 145 Å². The highest BCUT2D eigenvalue weighted by molar-refractivity contribution is 7.98. The van der Waals surface area contributed by atoms with Gasteiger partial charge >= 0.3 is 5.97 Å². The van der Waals surface area contributed by atoms with Crippen LogP contribution in [0.15, 0.2) is 47.4 Å². The largest absolute Gasteiger partial charge is 0.479 e. The van der Waals surface area contributed by atoms with Crippen LogP contribution in [-0.2, 0) is 11.2 Å². The number of aliphatic carboxylic acids is 1. The minimum atomic E-state index is -0.992. The first-order valence-electron chi connectivity index (χ1n) is 7.79. The number of amides is 1. The molecule has 1 aliphatic rings. The van der Waals surface area contributed by atoms with Crippen LogP contribution in [0.1, 0.15) is 33.1 Å². The van der Waals surface area contributed by atoms with Crippen molar-refractivity contribution in [3.63, 3.8) is 0 Å². The number of aryl methyl sites for hydroxylation is 1. The Kier molecular flexibility index (Phi) is 4.62. The van der Waals surface area contributed by atoms with E-state index in [1.54, 1.807) is 17.8 Å². The molecule has 0 radical (unpaired) electrons. The number of hydrogen-bond acceptors (Lipinski definition) is 3. The van der Waals surface area contributed by atoms with Crippen molar-refractivity contribution >= 4 is 23.6 Å². The Balaban J connectivity index is 2.02. The van der Waals surface area contributed by atoms with Crippen LogP contribution in [0.2, 0.25) is 0 Å². The zero-order valence-corrected chi connectivity index (χ0v) is 14.5. The van der Waals surface area contributed by atoms with E-state index in [1.807, 2.05) is 49.6 Å². The van der Waals surface area contributed by atoms with Gasteiger partial charge < -0.3 is 10.0 Å². The Morgan fingerprint density at radius 1 is 1.21 bits per heavy atom. The van der Waals surface area contributed by atoms with E-state index in [4.69, 9.17) is 0 Å². The molecule has 0 aromatic heterocycles. The summed E-state index contributed by atoms with van der Waals surface area (Å²) in [6, 6.07) is 12.3. The van der Waals surface area contributed by atoms with Crippen LogP contribution in [0.3, 0.4) is 0 Å². The lowest BCUT2D eigenvalue weighted by atomic mass is 9.91. The van der Waals surface area contributed by atoms with Crippen LogP contribution in [0.5, 0.6) is 0 Å². The molecule has 0 saturated carbocycles. The van der Waals surface area contributed by atoms with Crippen LogP contribution < -0.4 is 0 Å². The quantitative estimate of drug-likeness (QED) is 0.868. The van der Waals surface area contributed by atoms with Crippen molar-refractivity contribution in [2.24, 2.45) is 0 Å². The van der Waals surface area contributed by atoms with Gasteiger partial charge in [0.2, 0.25) is 0 Å². The molecule has 1 heterocycles. The number of carboxylic acids is 1. The summed E-state index contributed by atoms with van der Waals surface area (Å²) in [5, 5.41) is 9.72. The van der Waals surface area contributed by atoms with E-state index in [1.165, 1.54) is 4.90 Å². The molecule has 0 saturated heterocycles. The van der Waals surface area contributed by atoms with Gasteiger partial charge in [0.15, 0.2) is 6.04 Å². The fourth-order valence-electron chi connectivity index (χ4n) is 3.16. The Morgan fingerprint density at radius 2 is 1.96 bits per heavy atom. The maximum atomic E-state index is 13.1. The van der Waals surface area contributed by atoms with Gasteiger partial charge in [-0.3, -0.25) is 4.79 Å². The van der Waals surface area contributed by atoms with Crippen LogP contribution in [0, 0.1) is 6.92 Å². The number of hydrogen-bond donors (Lipinski definition) is 1. The van der Waals surface area contributed by atoms with Crippen LogP contribution in [-0.4, -0.2) is 34.7 Å². The fraction of sp³-hybridized carbons (Fsp3) is 0.263. The second-order valence-corrected chi connectivity index (χ2v) is 6.75. The zero-order chi connectivity index (χ0) is 17.3. The topological polar surface area (TPSA) is 57.6 Å². The molecule has 1 atom stereocenters. The number of fused-ring (bicyclic) bond motifs is 1. The van der Waals surface area contributed by atoms with Gasteiger partial charge in [0.05, 0.1) is 0 Å². The maximum absolute atomic E-state index is 13.1. The Bertz CT molecular complexity index is 803. The molecule has 0 fully saturated rings. The molecule has 1 unspecified atom stereocenters. The first-order chi connectivity index (χ1) is 11.5. The smallest absolute Gasteiger partial charge is 0.331 e. The van der Waals surface area contributed by atoms with Gasteiger partial charge in [-0.2, -0.15) is 0 Å². The van der Waals surface area contributed by atoms with E-state index in [0.29, 0.717) is 24.1 Å². The van der Waals surface area contributed by atoms with Crippen molar-refractivity contribution < 1.29 is 14.7 Å². The monoisotopic (exact) mass is 341 g/mol. The van der Waals surface area contributed by atoms with Crippen molar-refractivity contribution in [3.8, 4) is 0 Å². The predicted octanol–water partition coefficient (Wildman–Crippen LogP) is 3.54. The molecule has 3 rings (SSSR count). The van der Waals surface area contributed by atoms with E-state index in [9.17, 15) is 14.7 Å². The number of thioether (sulfide) groups is 1. The third kappa shape index (κ3) is 2.91. The summed E-state index contributed by atoms with van der Waals surface area (Å²) in [4.78, 5) is 27.4. The van der Waals surface area contributed by atoms with Gasteiger partial charge in [0, 0.05) is 17.0 Å². The molecule has 124 valence electrons. The molecule has 2 aromatic rings. The Morgan fingerprint density at radius 3 is 2.67 bits per heavy atom. The number of carboxylic acid groups (broad SMARTS) is 1. The summed E-state index contributed by atoms with van der Waals surface area (Å²) < 4.78 is 0. The highest BCUT2D eigenvalue weighted by Gasteiger charge is 2.36. The molecule has 1 amide bonds. The zero-order valence-electron chi connectivity index (χ0n) is 13.7. The predicted molar refractivity (Wildman–Crippen MR) is 94.5 cm³/mol. The summed E-state index contributed by atoms with van der Waals surface area (Å²) >= 11 is 1.56. The molecule has 0 spiro atoms.